The molecule has 1 rings (SSSR count). The van der Waals surface area contributed by atoms with Gasteiger partial charge in [-0.15, -0.1) is 0 Å². The molecule has 110 valence electrons. The molecule has 2 amide bonds. The molecule has 1 fully saturated rings. The zero-order chi connectivity index (χ0) is 14.8. The van der Waals surface area contributed by atoms with Crippen LogP contribution < -0.4 is 10.6 Å². The molecule has 4 N–H and O–H groups in total. The van der Waals surface area contributed by atoms with Crippen LogP contribution >= 0.6 is 0 Å². The second-order valence-electron chi connectivity index (χ2n) is 6.25. The highest BCUT2D eigenvalue weighted by Crippen LogP contribution is 2.67. The summed E-state index contributed by atoms with van der Waals surface area (Å²) in [6, 6.07) is -1.55. The Hall–Kier alpha value is -1.30. The highest BCUT2D eigenvalue weighted by Gasteiger charge is 2.64. The van der Waals surface area contributed by atoms with E-state index in [1.165, 1.54) is 0 Å². The molecule has 0 aliphatic heterocycles. The van der Waals surface area contributed by atoms with E-state index in [0.29, 0.717) is 12.5 Å². The maximum atomic E-state index is 11.6. The summed E-state index contributed by atoms with van der Waals surface area (Å²) in [7, 11) is 0. The SMILES string of the molecule is CC1(C)C(CNC(=O)N[C@@H](CCO)C(=O)O)C1(C)C. The van der Waals surface area contributed by atoms with E-state index in [1.807, 2.05) is 0 Å². The Morgan fingerprint density at radius 2 is 1.74 bits per heavy atom. The fraction of sp³-hybridized carbons (Fsp3) is 0.846. The lowest BCUT2D eigenvalue weighted by molar-refractivity contribution is -0.139. The first kappa shape index (κ1) is 15.8. The first-order valence-electron chi connectivity index (χ1n) is 6.52. The van der Waals surface area contributed by atoms with E-state index in [1.54, 1.807) is 0 Å². The third-order valence-electron chi connectivity index (χ3n) is 4.81. The smallest absolute Gasteiger partial charge is 0.326 e. The zero-order valence-corrected chi connectivity index (χ0v) is 12.0. The molecule has 0 unspecified atom stereocenters. The molecule has 0 saturated heterocycles. The molecule has 0 radical (unpaired) electrons. The summed E-state index contributed by atoms with van der Waals surface area (Å²) in [6.07, 6.45) is 0.00314. The Kier molecular flexibility index (Phi) is 4.45. The molecule has 19 heavy (non-hydrogen) atoms. The van der Waals surface area contributed by atoms with E-state index in [-0.39, 0.29) is 23.9 Å². The molecule has 0 heterocycles. The fourth-order valence-corrected chi connectivity index (χ4v) is 2.63. The van der Waals surface area contributed by atoms with Crippen LogP contribution in [0.2, 0.25) is 0 Å². The van der Waals surface area contributed by atoms with Gasteiger partial charge in [-0.2, -0.15) is 0 Å². The van der Waals surface area contributed by atoms with E-state index in [0.717, 1.165) is 0 Å². The molecular weight excluding hydrogens is 248 g/mol. The maximum absolute atomic E-state index is 11.6. The van der Waals surface area contributed by atoms with E-state index >= 15 is 0 Å². The first-order valence-corrected chi connectivity index (χ1v) is 6.52. The van der Waals surface area contributed by atoms with Crippen molar-refractivity contribution in [1.29, 1.82) is 0 Å². The summed E-state index contributed by atoms with van der Waals surface area (Å²) >= 11 is 0. The number of carboxylic acid groups (broad SMARTS) is 1. The number of amides is 2. The Labute approximate surface area is 113 Å². The predicted octanol–water partition coefficient (Wildman–Crippen LogP) is 0.803. The van der Waals surface area contributed by atoms with Gasteiger partial charge in [0.25, 0.3) is 0 Å². The first-order chi connectivity index (χ1) is 8.64. The highest BCUT2D eigenvalue weighted by molar-refractivity contribution is 5.82. The second-order valence-corrected chi connectivity index (χ2v) is 6.25. The van der Waals surface area contributed by atoms with Crippen molar-refractivity contribution in [3.63, 3.8) is 0 Å². The molecule has 0 spiro atoms. The van der Waals surface area contributed by atoms with Gasteiger partial charge < -0.3 is 20.8 Å². The molecular formula is C13H24N2O4. The normalized spacial score (nSPS) is 21.5. The Bertz CT molecular complexity index is 352. The number of aliphatic hydroxyl groups excluding tert-OH is 1. The lowest BCUT2D eigenvalue weighted by Crippen LogP contribution is -2.47. The van der Waals surface area contributed by atoms with Gasteiger partial charge in [0.1, 0.15) is 6.04 Å². The van der Waals surface area contributed by atoms with Crippen LogP contribution in [0.5, 0.6) is 0 Å². The van der Waals surface area contributed by atoms with Crippen LogP contribution in [0, 0.1) is 16.7 Å². The van der Waals surface area contributed by atoms with Gasteiger partial charge in [0.05, 0.1) is 0 Å². The lowest BCUT2D eigenvalue weighted by atomic mass is 10.0. The van der Waals surface area contributed by atoms with Crippen molar-refractivity contribution in [1.82, 2.24) is 10.6 Å². The molecule has 0 aromatic rings. The zero-order valence-electron chi connectivity index (χ0n) is 12.0. The number of carbonyl (C=O) groups excluding carboxylic acids is 1. The predicted molar refractivity (Wildman–Crippen MR) is 70.7 cm³/mol. The summed E-state index contributed by atoms with van der Waals surface area (Å²) < 4.78 is 0. The molecule has 1 atom stereocenters. The number of aliphatic hydroxyl groups is 1. The van der Waals surface area contributed by atoms with E-state index < -0.39 is 18.0 Å². The van der Waals surface area contributed by atoms with Crippen molar-refractivity contribution < 1.29 is 19.8 Å². The molecule has 0 aromatic carbocycles. The number of aliphatic carboxylic acids is 1. The van der Waals surface area contributed by atoms with Crippen molar-refractivity contribution in [3.05, 3.63) is 0 Å². The van der Waals surface area contributed by atoms with Gasteiger partial charge in [0.2, 0.25) is 0 Å². The summed E-state index contributed by atoms with van der Waals surface area (Å²) in [6.45, 7) is 8.87. The summed E-state index contributed by atoms with van der Waals surface area (Å²) in [5.74, 6) is -0.761. The number of hydrogen-bond acceptors (Lipinski definition) is 3. The van der Waals surface area contributed by atoms with Crippen molar-refractivity contribution in [3.8, 4) is 0 Å². The fourth-order valence-electron chi connectivity index (χ4n) is 2.63. The Balaban J connectivity index is 2.39. The number of nitrogens with one attached hydrogen (secondary N) is 2. The molecule has 1 aliphatic carbocycles. The summed E-state index contributed by atoms with van der Waals surface area (Å²) in [5.41, 5.74) is 0.356. The minimum absolute atomic E-state index is 0.00314. The third kappa shape index (κ3) is 3.18. The number of rotatable bonds is 6. The number of carbonyl (C=O) groups is 2. The van der Waals surface area contributed by atoms with Crippen LogP contribution in [0.4, 0.5) is 4.79 Å². The van der Waals surface area contributed by atoms with Gasteiger partial charge in [0, 0.05) is 19.6 Å². The highest BCUT2D eigenvalue weighted by atomic mass is 16.4. The average molecular weight is 272 g/mol. The minimum Gasteiger partial charge on any atom is -0.480 e. The van der Waals surface area contributed by atoms with Crippen LogP contribution in [-0.2, 0) is 4.79 Å². The summed E-state index contributed by atoms with van der Waals surface area (Å²) in [5, 5.41) is 22.6. The number of urea groups is 1. The van der Waals surface area contributed by atoms with Crippen LogP contribution in [0.25, 0.3) is 0 Å². The van der Waals surface area contributed by atoms with Crippen LogP contribution in [0.3, 0.4) is 0 Å². The van der Waals surface area contributed by atoms with Gasteiger partial charge in [-0.1, -0.05) is 27.7 Å². The number of carboxylic acids is 1. The van der Waals surface area contributed by atoms with Crippen molar-refractivity contribution in [2.75, 3.05) is 13.2 Å². The van der Waals surface area contributed by atoms with Crippen LogP contribution in [-0.4, -0.2) is 41.4 Å². The number of hydrogen-bond donors (Lipinski definition) is 4. The molecule has 6 heteroatoms. The molecule has 0 aromatic heterocycles. The maximum Gasteiger partial charge on any atom is 0.326 e. The van der Waals surface area contributed by atoms with E-state index in [9.17, 15) is 9.59 Å². The molecule has 0 bridgehead atoms. The van der Waals surface area contributed by atoms with Gasteiger partial charge in [0.15, 0.2) is 0 Å². The quantitative estimate of drug-likeness (QED) is 0.575. The topological polar surface area (TPSA) is 98.7 Å². The van der Waals surface area contributed by atoms with E-state index in [4.69, 9.17) is 10.2 Å². The van der Waals surface area contributed by atoms with Crippen molar-refractivity contribution in [2.24, 2.45) is 16.7 Å². The van der Waals surface area contributed by atoms with Gasteiger partial charge >= 0.3 is 12.0 Å². The largest absolute Gasteiger partial charge is 0.480 e. The average Bonchev–Trinajstić information content (AvgIpc) is 2.66. The van der Waals surface area contributed by atoms with Crippen molar-refractivity contribution in [2.45, 2.75) is 40.2 Å². The standard InChI is InChI=1S/C13H24N2O4/c1-12(2)9(13(12,3)4)7-14-11(19)15-8(5-6-16)10(17)18/h8-9,16H,5-7H2,1-4H3,(H,17,18)(H2,14,15,19)/t8-/m0/s1. The molecule has 1 saturated carbocycles. The van der Waals surface area contributed by atoms with E-state index in [2.05, 4.69) is 38.3 Å². The Morgan fingerprint density at radius 1 is 1.21 bits per heavy atom. The van der Waals surface area contributed by atoms with Gasteiger partial charge in [-0.3, -0.25) is 0 Å². The van der Waals surface area contributed by atoms with Gasteiger partial charge in [-0.05, 0) is 16.7 Å². The summed E-state index contributed by atoms with van der Waals surface area (Å²) in [4.78, 5) is 22.4. The third-order valence-corrected chi connectivity index (χ3v) is 4.81. The molecule has 6 nitrogen and oxygen atoms in total. The molecule has 1 aliphatic rings. The lowest BCUT2D eigenvalue weighted by Gasteiger charge is -2.14. The van der Waals surface area contributed by atoms with Crippen LogP contribution in [0.1, 0.15) is 34.1 Å². The van der Waals surface area contributed by atoms with Crippen LogP contribution in [0.15, 0.2) is 0 Å². The van der Waals surface area contributed by atoms with Crippen molar-refractivity contribution >= 4 is 12.0 Å². The Morgan fingerprint density at radius 3 is 2.11 bits per heavy atom. The van der Waals surface area contributed by atoms with Gasteiger partial charge in [-0.25, -0.2) is 9.59 Å². The monoisotopic (exact) mass is 272 g/mol. The second kappa shape index (κ2) is 5.36. The minimum atomic E-state index is -1.14.